The van der Waals surface area contributed by atoms with E-state index in [-0.39, 0.29) is 5.91 Å². The molecule has 0 aromatic heterocycles. The van der Waals surface area contributed by atoms with E-state index in [0.717, 1.165) is 6.42 Å². The van der Waals surface area contributed by atoms with Crippen LogP contribution in [0.4, 0.5) is 0 Å². The first kappa shape index (κ1) is 14.3. The van der Waals surface area contributed by atoms with Crippen molar-refractivity contribution in [2.45, 2.75) is 51.9 Å². The van der Waals surface area contributed by atoms with Gasteiger partial charge in [-0.1, -0.05) is 45.4 Å². The first-order valence-corrected chi connectivity index (χ1v) is 6.08. The topological polar surface area (TPSA) is 29.1 Å². The predicted molar refractivity (Wildman–Crippen MR) is 64.6 cm³/mol. The van der Waals surface area contributed by atoms with Crippen LogP contribution >= 0.6 is 11.6 Å². The van der Waals surface area contributed by atoms with Gasteiger partial charge in [0, 0.05) is 17.8 Å². The van der Waals surface area contributed by atoms with Crippen LogP contribution in [-0.2, 0) is 4.79 Å². The van der Waals surface area contributed by atoms with Crippen LogP contribution in [0.2, 0.25) is 0 Å². The van der Waals surface area contributed by atoms with Crippen molar-refractivity contribution in [2.24, 2.45) is 0 Å². The molecule has 15 heavy (non-hydrogen) atoms. The van der Waals surface area contributed by atoms with Crippen molar-refractivity contribution in [3.63, 3.8) is 0 Å². The van der Waals surface area contributed by atoms with Crippen LogP contribution in [0.1, 0.15) is 51.9 Å². The molecule has 0 aliphatic heterocycles. The van der Waals surface area contributed by atoms with Crippen LogP contribution in [0.15, 0.2) is 0 Å². The van der Waals surface area contributed by atoms with E-state index >= 15 is 0 Å². The van der Waals surface area contributed by atoms with Gasteiger partial charge in [-0.25, -0.2) is 0 Å². The van der Waals surface area contributed by atoms with Crippen LogP contribution in [0.3, 0.4) is 0 Å². The largest absolute Gasteiger partial charge is 0.345 e. The molecule has 0 spiro atoms. The summed E-state index contributed by atoms with van der Waals surface area (Å²) < 4.78 is 0. The Balaban J connectivity index is 3.10. The Morgan fingerprint density at radius 1 is 1.13 bits per heavy atom. The zero-order valence-corrected chi connectivity index (χ0v) is 10.2. The van der Waals surface area contributed by atoms with Crippen LogP contribution < -0.4 is 5.32 Å². The molecule has 0 saturated carbocycles. The lowest BCUT2D eigenvalue weighted by Gasteiger charge is -2.01. The van der Waals surface area contributed by atoms with Crippen molar-refractivity contribution in [1.82, 2.24) is 5.32 Å². The zero-order chi connectivity index (χ0) is 11.4. The van der Waals surface area contributed by atoms with Gasteiger partial charge in [0.15, 0.2) is 0 Å². The Morgan fingerprint density at radius 2 is 1.73 bits per heavy atom. The summed E-state index contributed by atoms with van der Waals surface area (Å²) in [5, 5.41) is 4.74. The van der Waals surface area contributed by atoms with Gasteiger partial charge in [0.25, 0.3) is 5.91 Å². The molecule has 0 bridgehead atoms. The van der Waals surface area contributed by atoms with E-state index in [0.29, 0.717) is 6.54 Å². The summed E-state index contributed by atoms with van der Waals surface area (Å²) in [5.74, 6) is 1.95. The van der Waals surface area contributed by atoms with E-state index in [1.165, 1.54) is 38.5 Å². The molecule has 0 aromatic carbocycles. The summed E-state index contributed by atoms with van der Waals surface area (Å²) in [7, 11) is 0. The molecule has 2 nitrogen and oxygen atoms in total. The highest BCUT2D eigenvalue weighted by molar-refractivity contribution is 6.31. The maximum atomic E-state index is 10.8. The minimum absolute atomic E-state index is 0.281. The lowest BCUT2D eigenvalue weighted by atomic mass is 10.1. The molecule has 1 amide bonds. The molecule has 0 heterocycles. The highest BCUT2D eigenvalue weighted by atomic mass is 35.5. The summed E-state index contributed by atoms with van der Waals surface area (Å²) in [6, 6.07) is 0. The molecule has 86 valence electrons. The van der Waals surface area contributed by atoms with Gasteiger partial charge < -0.3 is 5.32 Å². The first-order valence-electron chi connectivity index (χ1n) is 5.70. The SMILES string of the molecule is CCCCCCCCCNC(=O)C#CCl. The van der Waals surface area contributed by atoms with Crippen molar-refractivity contribution in [1.29, 1.82) is 0 Å². The second kappa shape index (κ2) is 11.4. The van der Waals surface area contributed by atoms with Gasteiger partial charge in [-0.05, 0) is 18.0 Å². The van der Waals surface area contributed by atoms with E-state index < -0.39 is 0 Å². The predicted octanol–water partition coefficient (Wildman–Crippen LogP) is 3.05. The summed E-state index contributed by atoms with van der Waals surface area (Å²) in [6.45, 7) is 2.92. The molecule has 0 aliphatic rings. The number of carbonyl (C=O) groups is 1. The summed E-state index contributed by atoms with van der Waals surface area (Å²) in [5.41, 5.74) is 0. The maximum Gasteiger partial charge on any atom is 0.297 e. The van der Waals surface area contributed by atoms with E-state index in [9.17, 15) is 4.79 Å². The van der Waals surface area contributed by atoms with Crippen molar-refractivity contribution in [3.05, 3.63) is 0 Å². The number of amides is 1. The third kappa shape index (κ3) is 11.2. The van der Waals surface area contributed by atoms with Gasteiger partial charge in [0.05, 0.1) is 0 Å². The molecule has 0 unspecified atom stereocenters. The van der Waals surface area contributed by atoms with Crippen LogP contribution in [0, 0.1) is 11.3 Å². The van der Waals surface area contributed by atoms with Gasteiger partial charge in [-0.15, -0.1) is 0 Å². The quantitative estimate of drug-likeness (QED) is 0.503. The average molecular weight is 230 g/mol. The van der Waals surface area contributed by atoms with Gasteiger partial charge in [-0.3, -0.25) is 4.79 Å². The molecule has 0 atom stereocenters. The van der Waals surface area contributed by atoms with Gasteiger partial charge in [0.1, 0.15) is 0 Å². The molecular formula is C12H20ClNO. The fraction of sp³-hybridized carbons (Fsp3) is 0.750. The summed E-state index contributed by atoms with van der Waals surface area (Å²) in [6.07, 6.45) is 8.73. The number of halogens is 1. The van der Waals surface area contributed by atoms with Crippen LogP contribution in [0.5, 0.6) is 0 Å². The Labute approximate surface area is 97.8 Å². The summed E-state index contributed by atoms with van der Waals surface area (Å²) >= 11 is 5.09. The van der Waals surface area contributed by atoms with Crippen molar-refractivity contribution in [3.8, 4) is 11.3 Å². The molecule has 3 heteroatoms. The lowest BCUT2D eigenvalue weighted by molar-refractivity contribution is -0.115. The van der Waals surface area contributed by atoms with E-state index in [1.807, 2.05) is 0 Å². The van der Waals surface area contributed by atoms with E-state index in [1.54, 1.807) is 0 Å². The Hall–Kier alpha value is -0.680. The minimum atomic E-state index is -0.281. The second-order valence-corrected chi connectivity index (χ2v) is 3.79. The molecule has 0 aromatic rings. The van der Waals surface area contributed by atoms with E-state index in [4.69, 9.17) is 11.6 Å². The van der Waals surface area contributed by atoms with Gasteiger partial charge in [0.2, 0.25) is 0 Å². The Morgan fingerprint density at radius 3 is 2.33 bits per heavy atom. The monoisotopic (exact) mass is 229 g/mol. The van der Waals surface area contributed by atoms with E-state index in [2.05, 4.69) is 23.5 Å². The smallest absolute Gasteiger partial charge is 0.297 e. The fourth-order valence-corrected chi connectivity index (χ4v) is 1.46. The number of carbonyl (C=O) groups excluding carboxylic acids is 1. The first-order chi connectivity index (χ1) is 7.31. The normalized spacial score (nSPS) is 9.20. The minimum Gasteiger partial charge on any atom is -0.345 e. The van der Waals surface area contributed by atoms with Gasteiger partial charge >= 0.3 is 0 Å². The molecule has 0 rings (SSSR count). The standard InChI is InChI=1S/C12H20ClNO/c1-2-3-4-5-6-7-8-11-14-12(15)9-10-13/h2-8,11H2,1H3,(H,14,15). The number of nitrogens with one attached hydrogen (secondary N) is 1. The highest BCUT2D eigenvalue weighted by Crippen LogP contribution is 2.06. The maximum absolute atomic E-state index is 10.8. The molecule has 0 fully saturated rings. The summed E-state index contributed by atoms with van der Waals surface area (Å²) in [4.78, 5) is 10.8. The fourth-order valence-electron chi connectivity index (χ4n) is 1.37. The molecule has 0 radical (unpaired) electrons. The number of unbranched alkanes of at least 4 members (excludes halogenated alkanes) is 6. The number of hydrogen-bond acceptors (Lipinski definition) is 1. The molecule has 1 N–H and O–H groups in total. The zero-order valence-electron chi connectivity index (χ0n) is 9.44. The third-order valence-electron chi connectivity index (χ3n) is 2.23. The van der Waals surface area contributed by atoms with Crippen LogP contribution in [-0.4, -0.2) is 12.5 Å². The molecule has 0 saturated heterocycles. The third-order valence-corrected chi connectivity index (χ3v) is 2.32. The molecular weight excluding hydrogens is 210 g/mol. The Bertz CT molecular complexity index is 217. The Kier molecular flexibility index (Phi) is 10.9. The highest BCUT2D eigenvalue weighted by Gasteiger charge is 1.94. The number of hydrogen-bond donors (Lipinski definition) is 1. The second-order valence-electron chi connectivity index (χ2n) is 3.60. The number of rotatable bonds is 8. The van der Waals surface area contributed by atoms with Crippen LogP contribution in [0.25, 0.3) is 0 Å². The van der Waals surface area contributed by atoms with Gasteiger partial charge in [-0.2, -0.15) is 0 Å². The van der Waals surface area contributed by atoms with Crippen molar-refractivity contribution >= 4 is 17.5 Å². The van der Waals surface area contributed by atoms with Crippen molar-refractivity contribution in [2.75, 3.05) is 6.54 Å². The molecule has 0 aliphatic carbocycles. The lowest BCUT2D eigenvalue weighted by Crippen LogP contribution is -2.22. The average Bonchev–Trinajstić information content (AvgIpc) is 2.22. The van der Waals surface area contributed by atoms with Crippen molar-refractivity contribution < 1.29 is 4.79 Å².